The fraction of sp³-hybridized carbons (Fsp3) is 0.333. The summed E-state index contributed by atoms with van der Waals surface area (Å²) in [6.07, 6.45) is 3.25. The average Bonchev–Trinajstić information content (AvgIpc) is 2.16. The Morgan fingerprint density at radius 1 is 1.69 bits per heavy atom. The number of hydrogen-bond acceptors (Lipinski definition) is 3. The molecule has 0 amide bonds. The van der Waals surface area contributed by atoms with E-state index in [4.69, 9.17) is 9.84 Å². The lowest BCUT2D eigenvalue weighted by molar-refractivity contribution is -0.132. The molecular formula is C9H10O4. The first-order chi connectivity index (χ1) is 6.20. The van der Waals surface area contributed by atoms with Crippen molar-refractivity contribution in [2.45, 2.75) is 12.8 Å². The lowest BCUT2D eigenvalue weighted by atomic mass is 9.97. The van der Waals surface area contributed by atoms with E-state index in [0.29, 0.717) is 24.9 Å². The fourth-order valence-corrected chi connectivity index (χ4v) is 1.29. The zero-order valence-corrected chi connectivity index (χ0v) is 7.24. The van der Waals surface area contributed by atoms with Gasteiger partial charge in [0.15, 0.2) is 6.29 Å². The van der Waals surface area contributed by atoms with Crippen LogP contribution in [0, 0.1) is 0 Å². The molecule has 70 valence electrons. The van der Waals surface area contributed by atoms with E-state index in [-0.39, 0.29) is 11.1 Å². The SMILES string of the molecule is COC1=C(C=O)C(C(=O)O)=CCC1. The highest BCUT2D eigenvalue weighted by molar-refractivity contribution is 6.01. The molecule has 0 spiro atoms. The highest BCUT2D eigenvalue weighted by Crippen LogP contribution is 2.24. The summed E-state index contributed by atoms with van der Waals surface area (Å²) in [5, 5.41) is 8.74. The van der Waals surface area contributed by atoms with Gasteiger partial charge in [-0.3, -0.25) is 4.79 Å². The smallest absolute Gasteiger partial charge is 0.336 e. The number of carbonyl (C=O) groups excluding carboxylic acids is 1. The number of allylic oxidation sites excluding steroid dienone is 2. The van der Waals surface area contributed by atoms with Crippen LogP contribution < -0.4 is 0 Å². The molecular weight excluding hydrogens is 172 g/mol. The van der Waals surface area contributed by atoms with Gasteiger partial charge in [0.1, 0.15) is 5.76 Å². The van der Waals surface area contributed by atoms with Crippen LogP contribution in [0.1, 0.15) is 12.8 Å². The summed E-state index contributed by atoms with van der Waals surface area (Å²) in [7, 11) is 1.43. The molecule has 0 aliphatic heterocycles. The predicted molar refractivity (Wildman–Crippen MR) is 45.1 cm³/mol. The van der Waals surface area contributed by atoms with Crippen LogP contribution in [0.5, 0.6) is 0 Å². The number of aliphatic carboxylic acids is 1. The summed E-state index contributed by atoms with van der Waals surface area (Å²) in [6.45, 7) is 0. The van der Waals surface area contributed by atoms with Gasteiger partial charge in [0.25, 0.3) is 0 Å². The summed E-state index contributed by atoms with van der Waals surface area (Å²) >= 11 is 0. The number of aldehydes is 1. The molecule has 0 fully saturated rings. The molecule has 1 N–H and O–H groups in total. The Labute approximate surface area is 75.5 Å². The molecule has 0 radical (unpaired) electrons. The van der Waals surface area contributed by atoms with E-state index in [9.17, 15) is 9.59 Å². The van der Waals surface area contributed by atoms with E-state index in [2.05, 4.69) is 0 Å². The van der Waals surface area contributed by atoms with E-state index < -0.39 is 5.97 Å². The van der Waals surface area contributed by atoms with Crippen LogP contribution in [-0.2, 0) is 14.3 Å². The van der Waals surface area contributed by atoms with Crippen LogP contribution in [0.25, 0.3) is 0 Å². The second-order valence-electron chi connectivity index (χ2n) is 2.62. The van der Waals surface area contributed by atoms with E-state index in [1.807, 2.05) is 0 Å². The van der Waals surface area contributed by atoms with Crippen molar-refractivity contribution in [2.75, 3.05) is 7.11 Å². The van der Waals surface area contributed by atoms with Gasteiger partial charge in [-0.05, 0) is 6.42 Å². The van der Waals surface area contributed by atoms with E-state index in [0.717, 1.165) is 0 Å². The molecule has 4 nitrogen and oxygen atoms in total. The van der Waals surface area contributed by atoms with Crippen molar-refractivity contribution in [1.82, 2.24) is 0 Å². The minimum absolute atomic E-state index is 0.0399. The molecule has 0 aromatic carbocycles. The van der Waals surface area contributed by atoms with Gasteiger partial charge in [-0.1, -0.05) is 6.08 Å². The van der Waals surface area contributed by atoms with Gasteiger partial charge in [-0.15, -0.1) is 0 Å². The Kier molecular flexibility index (Phi) is 2.84. The molecule has 0 unspecified atom stereocenters. The van der Waals surface area contributed by atoms with Crippen molar-refractivity contribution in [1.29, 1.82) is 0 Å². The van der Waals surface area contributed by atoms with E-state index >= 15 is 0 Å². The molecule has 1 rings (SSSR count). The highest BCUT2D eigenvalue weighted by atomic mass is 16.5. The number of carboxylic acid groups (broad SMARTS) is 1. The highest BCUT2D eigenvalue weighted by Gasteiger charge is 2.21. The summed E-state index contributed by atoms with van der Waals surface area (Å²) in [5.74, 6) is -0.633. The molecule has 0 saturated heterocycles. The topological polar surface area (TPSA) is 63.6 Å². The van der Waals surface area contributed by atoms with Crippen LogP contribution in [0.3, 0.4) is 0 Å². The summed E-state index contributed by atoms with van der Waals surface area (Å²) < 4.78 is 4.92. The molecule has 13 heavy (non-hydrogen) atoms. The van der Waals surface area contributed by atoms with Gasteiger partial charge in [-0.2, -0.15) is 0 Å². The van der Waals surface area contributed by atoms with Crippen LogP contribution >= 0.6 is 0 Å². The third-order valence-corrected chi connectivity index (χ3v) is 1.91. The zero-order chi connectivity index (χ0) is 9.84. The van der Waals surface area contributed by atoms with Gasteiger partial charge in [0, 0.05) is 6.42 Å². The minimum Gasteiger partial charge on any atom is -0.500 e. The van der Waals surface area contributed by atoms with Crippen LogP contribution in [0.2, 0.25) is 0 Å². The van der Waals surface area contributed by atoms with Crippen molar-refractivity contribution in [3.8, 4) is 0 Å². The first-order valence-electron chi connectivity index (χ1n) is 3.86. The van der Waals surface area contributed by atoms with Gasteiger partial charge < -0.3 is 9.84 Å². The van der Waals surface area contributed by atoms with Crippen LogP contribution in [-0.4, -0.2) is 24.5 Å². The Balaban J connectivity index is 3.10. The largest absolute Gasteiger partial charge is 0.500 e. The van der Waals surface area contributed by atoms with Gasteiger partial charge >= 0.3 is 5.97 Å². The Hall–Kier alpha value is -1.58. The van der Waals surface area contributed by atoms with E-state index in [1.54, 1.807) is 0 Å². The Morgan fingerprint density at radius 3 is 2.85 bits per heavy atom. The monoisotopic (exact) mass is 182 g/mol. The molecule has 0 aromatic heterocycles. The Morgan fingerprint density at radius 2 is 2.38 bits per heavy atom. The number of hydrogen-bond donors (Lipinski definition) is 1. The molecule has 4 heteroatoms. The number of rotatable bonds is 3. The lowest BCUT2D eigenvalue weighted by Gasteiger charge is -2.14. The summed E-state index contributed by atoms with van der Waals surface area (Å²) in [5.41, 5.74) is 0.194. The molecule has 1 aliphatic rings. The van der Waals surface area contributed by atoms with Gasteiger partial charge in [-0.25, -0.2) is 4.79 Å². The van der Waals surface area contributed by atoms with E-state index in [1.165, 1.54) is 13.2 Å². The second-order valence-corrected chi connectivity index (χ2v) is 2.62. The second kappa shape index (κ2) is 3.89. The molecule has 0 heterocycles. The third-order valence-electron chi connectivity index (χ3n) is 1.91. The molecule has 0 saturated carbocycles. The number of carbonyl (C=O) groups is 2. The number of ether oxygens (including phenoxy) is 1. The first kappa shape index (κ1) is 9.51. The Bertz CT molecular complexity index is 299. The van der Waals surface area contributed by atoms with Crippen molar-refractivity contribution >= 4 is 12.3 Å². The molecule has 0 aromatic rings. The summed E-state index contributed by atoms with van der Waals surface area (Å²) in [6, 6.07) is 0. The summed E-state index contributed by atoms with van der Waals surface area (Å²) in [4.78, 5) is 21.3. The number of methoxy groups -OCH3 is 1. The lowest BCUT2D eigenvalue weighted by Crippen LogP contribution is -2.11. The van der Waals surface area contributed by atoms with Crippen molar-refractivity contribution in [3.05, 3.63) is 23.0 Å². The standard InChI is InChI=1S/C9H10O4/c1-13-8-4-2-3-6(9(11)12)7(8)5-10/h3,5H,2,4H2,1H3,(H,11,12). The molecule has 0 bridgehead atoms. The maximum absolute atomic E-state index is 10.7. The average molecular weight is 182 g/mol. The van der Waals surface area contributed by atoms with Crippen LogP contribution in [0.15, 0.2) is 23.0 Å². The zero-order valence-electron chi connectivity index (χ0n) is 7.24. The quantitative estimate of drug-likeness (QED) is 0.658. The maximum Gasteiger partial charge on any atom is 0.336 e. The molecule has 0 atom stereocenters. The van der Waals surface area contributed by atoms with Crippen molar-refractivity contribution < 1.29 is 19.4 Å². The van der Waals surface area contributed by atoms with Crippen molar-refractivity contribution in [3.63, 3.8) is 0 Å². The normalized spacial score (nSPS) is 16.5. The predicted octanol–water partition coefficient (Wildman–Crippen LogP) is 0.891. The van der Waals surface area contributed by atoms with Gasteiger partial charge in [0.2, 0.25) is 0 Å². The fourth-order valence-electron chi connectivity index (χ4n) is 1.29. The number of carboxylic acids is 1. The maximum atomic E-state index is 10.7. The first-order valence-corrected chi connectivity index (χ1v) is 3.86. The van der Waals surface area contributed by atoms with Crippen molar-refractivity contribution in [2.24, 2.45) is 0 Å². The third kappa shape index (κ3) is 1.77. The van der Waals surface area contributed by atoms with Crippen LogP contribution in [0.4, 0.5) is 0 Å². The molecule has 1 aliphatic carbocycles. The van der Waals surface area contributed by atoms with Gasteiger partial charge in [0.05, 0.1) is 18.3 Å². The minimum atomic E-state index is -1.09.